The normalized spacial score (nSPS) is 23.6. The van der Waals surface area contributed by atoms with Crippen LogP contribution >= 0.6 is 15.9 Å². The molecule has 0 spiro atoms. The van der Waals surface area contributed by atoms with Crippen molar-refractivity contribution in [3.05, 3.63) is 34.3 Å². The van der Waals surface area contributed by atoms with Crippen LogP contribution in [0.15, 0.2) is 28.7 Å². The molecule has 17 heavy (non-hydrogen) atoms. The Bertz CT molecular complexity index is 408. The number of methoxy groups -OCH3 is 1. The summed E-state index contributed by atoms with van der Waals surface area (Å²) in [7, 11) is 1.44. The molecule has 2 unspecified atom stereocenters. The van der Waals surface area contributed by atoms with Crippen LogP contribution in [0.4, 0.5) is 0 Å². The van der Waals surface area contributed by atoms with E-state index >= 15 is 0 Å². The first-order valence-corrected chi connectivity index (χ1v) is 6.54. The van der Waals surface area contributed by atoms with E-state index in [1.807, 2.05) is 12.1 Å². The van der Waals surface area contributed by atoms with Gasteiger partial charge in [0, 0.05) is 4.47 Å². The summed E-state index contributed by atoms with van der Waals surface area (Å²) in [6.45, 7) is 0.881. The first kappa shape index (κ1) is 12.6. The van der Waals surface area contributed by atoms with Crippen molar-refractivity contribution >= 4 is 21.9 Å². The number of hydrogen-bond donors (Lipinski definition) is 1. The third kappa shape index (κ3) is 3.30. The van der Waals surface area contributed by atoms with Gasteiger partial charge in [0.25, 0.3) is 0 Å². The minimum absolute atomic E-state index is 0.128. The molecule has 1 heterocycles. The largest absolute Gasteiger partial charge is 0.468 e. The van der Waals surface area contributed by atoms with Gasteiger partial charge in [0.2, 0.25) is 0 Å². The minimum Gasteiger partial charge on any atom is -0.468 e. The molecule has 3 nitrogen and oxygen atoms in total. The van der Waals surface area contributed by atoms with Crippen LogP contribution in [0.1, 0.15) is 12.0 Å². The van der Waals surface area contributed by atoms with Gasteiger partial charge < -0.3 is 10.1 Å². The van der Waals surface area contributed by atoms with E-state index in [1.165, 1.54) is 12.7 Å². The highest BCUT2D eigenvalue weighted by Crippen LogP contribution is 2.21. The second kappa shape index (κ2) is 5.65. The topological polar surface area (TPSA) is 38.3 Å². The summed E-state index contributed by atoms with van der Waals surface area (Å²) in [5, 5.41) is 3.21. The van der Waals surface area contributed by atoms with Crippen LogP contribution in [0.5, 0.6) is 0 Å². The van der Waals surface area contributed by atoms with Gasteiger partial charge in [0.1, 0.15) is 6.04 Å². The lowest BCUT2D eigenvalue weighted by molar-refractivity contribution is -0.142. The van der Waals surface area contributed by atoms with Crippen LogP contribution in [0.3, 0.4) is 0 Å². The lowest BCUT2D eigenvalue weighted by Gasteiger charge is -2.09. The van der Waals surface area contributed by atoms with E-state index in [4.69, 9.17) is 4.74 Å². The van der Waals surface area contributed by atoms with E-state index < -0.39 is 0 Å². The highest BCUT2D eigenvalue weighted by Gasteiger charge is 2.29. The van der Waals surface area contributed by atoms with Crippen molar-refractivity contribution in [3.8, 4) is 0 Å². The van der Waals surface area contributed by atoms with Gasteiger partial charge in [-0.1, -0.05) is 28.1 Å². The fourth-order valence-corrected chi connectivity index (χ4v) is 2.73. The predicted octanol–water partition coefficient (Wildman–Crippen LogP) is 2.14. The Kier molecular flexibility index (Phi) is 4.18. The molecule has 0 amide bonds. The van der Waals surface area contributed by atoms with Gasteiger partial charge in [-0.25, -0.2) is 0 Å². The van der Waals surface area contributed by atoms with Crippen LogP contribution in [-0.2, 0) is 16.0 Å². The van der Waals surface area contributed by atoms with Crippen LogP contribution in [0.2, 0.25) is 0 Å². The van der Waals surface area contributed by atoms with Crippen molar-refractivity contribution in [1.82, 2.24) is 5.32 Å². The molecule has 0 aliphatic carbocycles. The number of esters is 1. The highest BCUT2D eigenvalue weighted by molar-refractivity contribution is 9.10. The minimum atomic E-state index is -0.151. The third-order valence-electron chi connectivity index (χ3n) is 3.12. The number of halogens is 1. The Morgan fingerprint density at radius 2 is 2.41 bits per heavy atom. The lowest BCUT2D eigenvalue weighted by atomic mass is 9.97. The first-order valence-electron chi connectivity index (χ1n) is 5.74. The van der Waals surface area contributed by atoms with Crippen LogP contribution < -0.4 is 5.32 Å². The van der Waals surface area contributed by atoms with E-state index in [9.17, 15) is 4.79 Å². The van der Waals surface area contributed by atoms with E-state index in [0.29, 0.717) is 5.92 Å². The second-order valence-electron chi connectivity index (χ2n) is 4.42. The van der Waals surface area contributed by atoms with Crippen LogP contribution in [0, 0.1) is 5.92 Å². The zero-order chi connectivity index (χ0) is 12.3. The summed E-state index contributed by atoms with van der Waals surface area (Å²) in [5.74, 6) is 0.357. The Balaban J connectivity index is 1.92. The molecule has 1 aliphatic rings. The average Bonchev–Trinajstić information content (AvgIpc) is 2.76. The number of hydrogen-bond acceptors (Lipinski definition) is 3. The number of benzene rings is 1. The van der Waals surface area contributed by atoms with Crippen LogP contribution in [-0.4, -0.2) is 25.7 Å². The molecule has 4 heteroatoms. The Hall–Kier alpha value is -0.870. The predicted molar refractivity (Wildman–Crippen MR) is 69.8 cm³/mol. The number of nitrogens with one attached hydrogen (secondary N) is 1. The summed E-state index contributed by atoms with van der Waals surface area (Å²) in [4.78, 5) is 11.4. The molecular weight excluding hydrogens is 282 g/mol. The molecule has 0 saturated carbocycles. The van der Waals surface area contributed by atoms with Crippen molar-refractivity contribution in [1.29, 1.82) is 0 Å². The number of carbonyl (C=O) groups is 1. The maximum absolute atomic E-state index is 11.4. The molecule has 1 N–H and O–H groups in total. The standard InChI is InChI=1S/C13H16BrNO2/c1-17-13(16)12-7-10(8-15-12)5-9-3-2-4-11(14)6-9/h2-4,6,10,12,15H,5,7-8H2,1H3. The van der Waals surface area contributed by atoms with Gasteiger partial charge in [-0.2, -0.15) is 0 Å². The molecule has 92 valence electrons. The maximum atomic E-state index is 11.4. The van der Waals surface area contributed by atoms with Gasteiger partial charge in [-0.3, -0.25) is 4.79 Å². The zero-order valence-corrected chi connectivity index (χ0v) is 11.4. The Labute approximate surface area is 110 Å². The van der Waals surface area contributed by atoms with Gasteiger partial charge >= 0.3 is 5.97 Å². The highest BCUT2D eigenvalue weighted by atomic mass is 79.9. The molecule has 1 saturated heterocycles. The smallest absolute Gasteiger partial charge is 0.322 e. The first-order chi connectivity index (χ1) is 8.19. The van der Waals surface area contributed by atoms with Gasteiger partial charge in [0.05, 0.1) is 7.11 Å². The van der Waals surface area contributed by atoms with E-state index in [-0.39, 0.29) is 12.0 Å². The monoisotopic (exact) mass is 297 g/mol. The second-order valence-corrected chi connectivity index (χ2v) is 5.34. The van der Waals surface area contributed by atoms with Crippen molar-refractivity contribution < 1.29 is 9.53 Å². The van der Waals surface area contributed by atoms with E-state index in [1.54, 1.807) is 0 Å². The zero-order valence-electron chi connectivity index (χ0n) is 9.78. The van der Waals surface area contributed by atoms with Crippen molar-refractivity contribution in [2.75, 3.05) is 13.7 Å². The van der Waals surface area contributed by atoms with Crippen molar-refractivity contribution in [2.24, 2.45) is 5.92 Å². The molecule has 2 rings (SSSR count). The summed E-state index contributed by atoms with van der Waals surface area (Å²) in [5.41, 5.74) is 1.30. The van der Waals surface area contributed by atoms with Crippen molar-refractivity contribution in [2.45, 2.75) is 18.9 Å². The molecule has 0 aromatic heterocycles. The summed E-state index contributed by atoms with van der Waals surface area (Å²) < 4.78 is 5.85. The molecule has 1 aliphatic heterocycles. The molecule has 1 aromatic carbocycles. The van der Waals surface area contributed by atoms with Gasteiger partial charge in [-0.05, 0) is 43.0 Å². The molecule has 0 radical (unpaired) electrons. The Morgan fingerprint density at radius 1 is 1.59 bits per heavy atom. The summed E-state index contributed by atoms with van der Waals surface area (Å²) in [6, 6.07) is 8.19. The molecule has 0 bridgehead atoms. The average molecular weight is 298 g/mol. The number of carbonyl (C=O) groups excluding carboxylic acids is 1. The van der Waals surface area contributed by atoms with E-state index in [2.05, 4.69) is 33.4 Å². The SMILES string of the molecule is COC(=O)C1CC(Cc2cccc(Br)c2)CN1. The van der Waals surface area contributed by atoms with Gasteiger partial charge in [0.15, 0.2) is 0 Å². The van der Waals surface area contributed by atoms with Crippen molar-refractivity contribution in [3.63, 3.8) is 0 Å². The molecule has 1 fully saturated rings. The number of rotatable bonds is 3. The molecule has 2 atom stereocenters. The maximum Gasteiger partial charge on any atom is 0.322 e. The van der Waals surface area contributed by atoms with E-state index in [0.717, 1.165) is 23.9 Å². The van der Waals surface area contributed by atoms with Gasteiger partial charge in [-0.15, -0.1) is 0 Å². The lowest BCUT2D eigenvalue weighted by Crippen LogP contribution is -2.31. The fourth-order valence-electron chi connectivity index (χ4n) is 2.28. The van der Waals surface area contributed by atoms with Crippen LogP contribution in [0.25, 0.3) is 0 Å². The Morgan fingerprint density at radius 3 is 3.12 bits per heavy atom. The third-order valence-corrected chi connectivity index (χ3v) is 3.61. The molecule has 1 aromatic rings. The fraction of sp³-hybridized carbons (Fsp3) is 0.462. The summed E-state index contributed by atoms with van der Waals surface area (Å²) in [6.07, 6.45) is 1.86. The number of ether oxygens (including phenoxy) is 1. The molecular formula is C13H16BrNO2. The quantitative estimate of drug-likeness (QED) is 0.869. The summed E-state index contributed by atoms with van der Waals surface area (Å²) >= 11 is 3.47.